The Kier molecular flexibility index (Phi) is 5.63. The standard InChI is InChI=1S/C19H17NO3S2/c1-2-23-19(22)18-15(20-17(21)11-14-9-6-10-24-14)12-16(25-18)13-7-4-3-5-8-13/h3-10,12H,2,11H2,1H3,(H,20,21). The summed E-state index contributed by atoms with van der Waals surface area (Å²) in [7, 11) is 0. The fourth-order valence-corrected chi connectivity index (χ4v) is 4.06. The normalized spacial score (nSPS) is 10.4. The molecule has 6 heteroatoms. The molecule has 0 spiro atoms. The van der Waals surface area contributed by atoms with Gasteiger partial charge in [0, 0.05) is 9.75 Å². The van der Waals surface area contributed by atoms with Gasteiger partial charge in [-0.1, -0.05) is 36.4 Å². The molecule has 3 rings (SSSR count). The molecule has 0 aliphatic heterocycles. The third-order valence-corrected chi connectivity index (χ3v) is 5.48. The molecule has 0 bridgehead atoms. The monoisotopic (exact) mass is 371 g/mol. The molecule has 0 saturated heterocycles. The highest BCUT2D eigenvalue weighted by molar-refractivity contribution is 7.18. The number of rotatable bonds is 6. The zero-order chi connectivity index (χ0) is 17.6. The molecule has 0 atom stereocenters. The molecular weight excluding hydrogens is 354 g/mol. The van der Waals surface area contributed by atoms with Gasteiger partial charge in [0.1, 0.15) is 4.88 Å². The molecular formula is C19H17NO3S2. The lowest BCUT2D eigenvalue weighted by Gasteiger charge is -2.05. The third-order valence-electron chi connectivity index (χ3n) is 3.44. The van der Waals surface area contributed by atoms with Gasteiger partial charge in [-0.25, -0.2) is 4.79 Å². The lowest BCUT2D eigenvalue weighted by atomic mass is 10.2. The van der Waals surface area contributed by atoms with Crippen LogP contribution in [-0.4, -0.2) is 18.5 Å². The summed E-state index contributed by atoms with van der Waals surface area (Å²) in [6.07, 6.45) is 0.288. The van der Waals surface area contributed by atoms with E-state index >= 15 is 0 Å². The summed E-state index contributed by atoms with van der Waals surface area (Å²) in [5.41, 5.74) is 1.50. The van der Waals surface area contributed by atoms with E-state index in [-0.39, 0.29) is 12.3 Å². The van der Waals surface area contributed by atoms with Gasteiger partial charge in [-0.15, -0.1) is 22.7 Å². The van der Waals surface area contributed by atoms with E-state index in [1.165, 1.54) is 22.7 Å². The molecule has 0 radical (unpaired) electrons. The molecule has 1 N–H and O–H groups in total. The minimum absolute atomic E-state index is 0.148. The van der Waals surface area contributed by atoms with Crippen LogP contribution in [0.4, 0.5) is 5.69 Å². The Bertz CT molecular complexity index is 854. The fraction of sp³-hybridized carbons (Fsp3) is 0.158. The Morgan fingerprint density at radius 1 is 1.12 bits per heavy atom. The topological polar surface area (TPSA) is 55.4 Å². The van der Waals surface area contributed by atoms with Gasteiger partial charge in [0.15, 0.2) is 0 Å². The molecule has 0 aliphatic rings. The Balaban J connectivity index is 1.86. The van der Waals surface area contributed by atoms with Crippen LogP contribution in [0.15, 0.2) is 53.9 Å². The molecule has 4 nitrogen and oxygen atoms in total. The highest BCUT2D eigenvalue weighted by Gasteiger charge is 2.20. The minimum Gasteiger partial charge on any atom is -0.462 e. The molecule has 2 heterocycles. The SMILES string of the molecule is CCOC(=O)c1sc(-c2ccccc2)cc1NC(=O)Cc1cccs1. The first-order chi connectivity index (χ1) is 12.2. The van der Waals surface area contributed by atoms with Gasteiger partial charge in [0.25, 0.3) is 0 Å². The van der Waals surface area contributed by atoms with Gasteiger partial charge in [-0.3, -0.25) is 4.79 Å². The predicted octanol–water partition coefficient (Wildman–Crippen LogP) is 4.83. The number of thiophene rings is 2. The molecule has 0 unspecified atom stereocenters. The van der Waals surface area contributed by atoms with Crippen molar-refractivity contribution >= 4 is 40.2 Å². The summed E-state index contributed by atoms with van der Waals surface area (Å²) in [5.74, 6) is -0.563. The summed E-state index contributed by atoms with van der Waals surface area (Å²) < 4.78 is 5.13. The summed E-state index contributed by atoms with van der Waals surface area (Å²) in [5, 5.41) is 4.79. The lowest BCUT2D eigenvalue weighted by molar-refractivity contribution is -0.115. The highest BCUT2D eigenvalue weighted by Crippen LogP contribution is 2.35. The average Bonchev–Trinajstić information content (AvgIpc) is 3.26. The number of benzene rings is 1. The number of hydrogen-bond donors (Lipinski definition) is 1. The first-order valence-electron chi connectivity index (χ1n) is 7.86. The molecule has 25 heavy (non-hydrogen) atoms. The first-order valence-corrected chi connectivity index (χ1v) is 9.55. The van der Waals surface area contributed by atoms with Crippen LogP contribution in [-0.2, 0) is 16.0 Å². The Labute approximate surface area is 154 Å². The molecule has 3 aromatic rings. The molecule has 0 aliphatic carbocycles. The van der Waals surface area contributed by atoms with E-state index in [0.29, 0.717) is 17.2 Å². The van der Waals surface area contributed by atoms with Crippen molar-refractivity contribution in [3.63, 3.8) is 0 Å². The average molecular weight is 371 g/mol. The Morgan fingerprint density at radius 2 is 1.92 bits per heavy atom. The number of hydrogen-bond acceptors (Lipinski definition) is 5. The maximum absolute atomic E-state index is 12.3. The van der Waals surface area contributed by atoms with Gasteiger partial charge in [0.05, 0.1) is 18.7 Å². The van der Waals surface area contributed by atoms with Crippen LogP contribution < -0.4 is 5.32 Å². The van der Waals surface area contributed by atoms with E-state index in [0.717, 1.165) is 15.3 Å². The van der Waals surface area contributed by atoms with E-state index in [9.17, 15) is 9.59 Å². The van der Waals surface area contributed by atoms with Crippen molar-refractivity contribution in [2.75, 3.05) is 11.9 Å². The summed E-state index contributed by atoms with van der Waals surface area (Å²) in [4.78, 5) is 26.9. The molecule has 0 saturated carbocycles. The summed E-state index contributed by atoms with van der Waals surface area (Å²) in [6, 6.07) is 15.4. The Hall–Kier alpha value is -2.44. The van der Waals surface area contributed by atoms with Crippen LogP contribution in [0.1, 0.15) is 21.5 Å². The molecule has 2 aromatic heterocycles. The highest BCUT2D eigenvalue weighted by atomic mass is 32.1. The van der Waals surface area contributed by atoms with Crippen LogP contribution in [0, 0.1) is 0 Å². The number of anilines is 1. The zero-order valence-electron chi connectivity index (χ0n) is 13.7. The van der Waals surface area contributed by atoms with Crippen molar-refractivity contribution in [2.24, 2.45) is 0 Å². The third kappa shape index (κ3) is 4.35. The summed E-state index contributed by atoms with van der Waals surface area (Å²) in [6.45, 7) is 2.05. The van der Waals surface area contributed by atoms with Crippen molar-refractivity contribution in [2.45, 2.75) is 13.3 Å². The minimum atomic E-state index is -0.416. The second kappa shape index (κ2) is 8.09. The van der Waals surface area contributed by atoms with Crippen LogP contribution in [0.25, 0.3) is 10.4 Å². The van der Waals surface area contributed by atoms with E-state index in [2.05, 4.69) is 5.32 Å². The second-order valence-electron chi connectivity index (χ2n) is 5.24. The molecule has 0 fully saturated rings. The van der Waals surface area contributed by atoms with E-state index in [4.69, 9.17) is 4.74 Å². The summed E-state index contributed by atoms with van der Waals surface area (Å²) >= 11 is 2.86. The van der Waals surface area contributed by atoms with Gasteiger partial charge < -0.3 is 10.1 Å². The van der Waals surface area contributed by atoms with E-state index in [1.807, 2.05) is 53.9 Å². The molecule has 1 amide bonds. The van der Waals surface area contributed by atoms with Crippen LogP contribution in [0.2, 0.25) is 0 Å². The van der Waals surface area contributed by atoms with Crippen LogP contribution in [0.3, 0.4) is 0 Å². The van der Waals surface area contributed by atoms with E-state index < -0.39 is 5.97 Å². The zero-order valence-corrected chi connectivity index (χ0v) is 15.3. The maximum Gasteiger partial charge on any atom is 0.350 e. The number of carbonyl (C=O) groups is 2. The maximum atomic E-state index is 12.3. The quantitative estimate of drug-likeness (QED) is 0.631. The number of nitrogens with one attached hydrogen (secondary N) is 1. The van der Waals surface area contributed by atoms with Crippen LogP contribution >= 0.6 is 22.7 Å². The van der Waals surface area contributed by atoms with E-state index in [1.54, 1.807) is 6.92 Å². The van der Waals surface area contributed by atoms with Gasteiger partial charge >= 0.3 is 5.97 Å². The molecule has 1 aromatic carbocycles. The van der Waals surface area contributed by atoms with Gasteiger partial charge in [0.2, 0.25) is 5.91 Å². The molecule has 128 valence electrons. The van der Waals surface area contributed by atoms with Crippen molar-refractivity contribution in [1.82, 2.24) is 0 Å². The number of esters is 1. The smallest absolute Gasteiger partial charge is 0.350 e. The largest absolute Gasteiger partial charge is 0.462 e. The second-order valence-corrected chi connectivity index (χ2v) is 7.33. The van der Waals surface area contributed by atoms with Crippen molar-refractivity contribution in [3.8, 4) is 10.4 Å². The van der Waals surface area contributed by atoms with Crippen LogP contribution in [0.5, 0.6) is 0 Å². The lowest BCUT2D eigenvalue weighted by Crippen LogP contribution is -2.15. The number of ether oxygens (including phenoxy) is 1. The predicted molar refractivity (Wildman–Crippen MR) is 102 cm³/mol. The van der Waals surface area contributed by atoms with Crippen molar-refractivity contribution in [1.29, 1.82) is 0 Å². The van der Waals surface area contributed by atoms with Crippen molar-refractivity contribution in [3.05, 3.63) is 63.7 Å². The van der Waals surface area contributed by atoms with Gasteiger partial charge in [-0.2, -0.15) is 0 Å². The van der Waals surface area contributed by atoms with Crippen molar-refractivity contribution < 1.29 is 14.3 Å². The first kappa shape index (κ1) is 17.4. The number of amides is 1. The fourth-order valence-electron chi connectivity index (χ4n) is 2.34. The van der Waals surface area contributed by atoms with Gasteiger partial charge in [-0.05, 0) is 30.0 Å². The number of carbonyl (C=O) groups excluding carboxylic acids is 2. The Morgan fingerprint density at radius 3 is 2.60 bits per heavy atom.